The van der Waals surface area contributed by atoms with Crippen LogP contribution in [0.2, 0.25) is 0 Å². The molecule has 0 N–H and O–H groups in total. The zero-order valence-corrected chi connectivity index (χ0v) is 16.8. The summed E-state index contributed by atoms with van der Waals surface area (Å²) >= 11 is 0. The SMILES string of the molecule is CC(C)N(c1nnn([BH2-]n2nnc(N(C(C)C)C(C)C)n2)n1)C(C)C. The third kappa shape index (κ3) is 4.46. The zero-order valence-electron chi connectivity index (χ0n) is 16.8. The monoisotopic (exact) mass is 349 g/mol. The Balaban J connectivity index is 2.14. The van der Waals surface area contributed by atoms with Gasteiger partial charge < -0.3 is 19.2 Å². The molecule has 0 unspecified atom stereocenters. The molecule has 0 aliphatic rings. The fourth-order valence-electron chi connectivity index (χ4n) is 3.20. The van der Waals surface area contributed by atoms with Crippen LogP contribution in [0.4, 0.5) is 11.9 Å². The maximum Gasteiger partial charge on any atom is 0.262 e. The van der Waals surface area contributed by atoms with Gasteiger partial charge >= 0.3 is 0 Å². The van der Waals surface area contributed by atoms with Crippen molar-refractivity contribution in [1.82, 2.24) is 40.2 Å². The number of hydrogen-bond acceptors (Lipinski definition) is 8. The lowest BCUT2D eigenvalue weighted by atomic mass is 10.2. The highest BCUT2D eigenvalue weighted by Gasteiger charge is 2.20. The Hall–Kier alpha value is -2.20. The van der Waals surface area contributed by atoms with Gasteiger partial charge in [-0.1, -0.05) is 20.6 Å². The topological polar surface area (TPSA) is 93.7 Å². The van der Waals surface area contributed by atoms with E-state index in [0.29, 0.717) is 36.1 Å². The van der Waals surface area contributed by atoms with Crippen LogP contribution < -0.4 is 9.80 Å². The first kappa shape index (κ1) is 19.1. The summed E-state index contributed by atoms with van der Waals surface area (Å²) in [6.45, 7) is 17.0. The molecular weight excluding hydrogens is 319 g/mol. The van der Waals surface area contributed by atoms with Gasteiger partial charge in [0, 0.05) is 24.2 Å². The summed E-state index contributed by atoms with van der Waals surface area (Å²) < 4.78 is 3.21. The van der Waals surface area contributed by atoms with E-state index in [0.717, 1.165) is 0 Å². The summed E-state index contributed by atoms with van der Waals surface area (Å²) in [7, 11) is -1.00. The third-order valence-corrected chi connectivity index (χ3v) is 4.04. The molecule has 0 spiro atoms. The summed E-state index contributed by atoms with van der Waals surface area (Å²) in [6.07, 6.45) is 0. The third-order valence-electron chi connectivity index (χ3n) is 4.04. The molecule has 0 aliphatic carbocycles. The smallest absolute Gasteiger partial charge is 0.262 e. The Kier molecular flexibility index (Phi) is 5.96. The minimum absolute atomic E-state index is 0.305. The van der Waals surface area contributed by atoms with Crippen molar-refractivity contribution in [3.63, 3.8) is 0 Å². The number of aromatic nitrogens is 8. The minimum atomic E-state index is -1.00. The van der Waals surface area contributed by atoms with Crippen molar-refractivity contribution in [2.24, 2.45) is 0 Å². The van der Waals surface area contributed by atoms with Crippen LogP contribution in [0.1, 0.15) is 55.4 Å². The van der Waals surface area contributed by atoms with Crippen molar-refractivity contribution in [3.05, 3.63) is 0 Å². The first-order valence-electron chi connectivity index (χ1n) is 9.09. The summed E-state index contributed by atoms with van der Waals surface area (Å²) in [5, 5.41) is 25.7. The average molecular weight is 349 g/mol. The second kappa shape index (κ2) is 7.79. The molecule has 0 aliphatic heterocycles. The summed E-state index contributed by atoms with van der Waals surface area (Å²) in [5.74, 6) is 1.28. The highest BCUT2D eigenvalue weighted by Crippen LogP contribution is 2.14. The van der Waals surface area contributed by atoms with E-state index in [4.69, 9.17) is 0 Å². The van der Waals surface area contributed by atoms with E-state index in [1.54, 1.807) is 9.42 Å². The first-order valence-corrected chi connectivity index (χ1v) is 9.09. The molecule has 2 aromatic rings. The highest BCUT2D eigenvalue weighted by molar-refractivity contribution is 6.29. The lowest BCUT2D eigenvalue weighted by Crippen LogP contribution is -2.38. The molecule has 2 heterocycles. The molecule has 25 heavy (non-hydrogen) atoms. The van der Waals surface area contributed by atoms with Crippen molar-refractivity contribution in [2.45, 2.75) is 79.6 Å². The molecule has 140 valence electrons. The maximum atomic E-state index is 4.51. The van der Waals surface area contributed by atoms with Gasteiger partial charge in [-0.3, -0.25) is 0 Å². The Morgan fingerprint density at radius 3 is 1.24 bits per heavy atom. The van der Waals surface area contributed by atoms with Crippen LogP contribution in [-0.2, 0) is 0 Å². The molecule has 0 bridgehead atoms. The fourth-order valence-corrected chi connectivity index (χ4v) is 3.20. The van der Waals surface area contributed by atoms with Gasteiger partial charge in [0.25, 0.3) is 11.9 Å². The van der Waals surface area contributed by atoms with Crippen molar-refractivity contribution in [2.75, 3.05) is 9.80 Å². The van der Waals surface area contributed by atoms with Gasteiger partial charge in [0.1, 0.15) is 0 Å². The summed E-state index contributed by atoms with van der Waals surface area (Å²) in [4.78, 5) is 4.27. The molecule has 0 aromatic carbocycles. The number of hydrogen-bond donors (Lipinski definition) is 0. The number of tetrazole rings is 2. The van der Waals surface area contributed by atoms with Gasteiger partial charge in [0.2, 0.25) is 7.55 Å². The van der Waals surface area contributed by atoms with Crippen LogP contribution in [0.25, 0.3) is 0 Å². The van der Waals surface area contributed by atoms with Crippen molar-refractivity contribution in [1.29, 1.82) is 0 Å². The van der Waals surface area contributed by atoms with E-state index >= 15 is 0 Å². The van der Waals surface area contributed by atoms with Crippen LogP contribution in [-0.4, -0.2) is 72.0 Å². The van der Waals surface area contributed by atoms with Gasteiger partial charge in [-0.05, 0) is 55.4 Å². The van der Waals surface area contributed by atoms with Crippen LogP contribution >= 0.6 is 0 Å². The molecule has 11 heteroatoms. The van der Waals surface area contributed by atoms with Crippen molar-refractivity contribution in [3.8, 4) is 0 Å². The molecule has 2 rings (SSSR count). The Morgan fingerprint density at radius 1 is 0.640 bits per heavy atom. The first-order chi connectivity index (χ1) is 11.7. The predicted molar refractivity (Wildman–Crippen MR) is 100 cm³/mol. The van der Waals surface area contributed by atoms with Gasteiger partial charge in [0.15, 0.2) is 0 Å². The molecule has 0 amide bonds. The standard InChI is InChI=1S/C14H30BN10/c1-9(2)22(10(3)4)13-16-20-24(18-13)15-25-19-14(17-21-25)23(11(5)6)12(7)8/h9-12H,15H2,1-8H3/q-1. The van der Waals surface area contributed by atoms with E-state index in [-0.39, 0.29) is 0 Å². The van der Waals surface area contributed by atoms with E-state index in [2.05, 4.69) is 96.0 Å². The van der Waals surface area contributed by atoms with E-state index in [9.17, 15) is 0 Å². The lowest BCUT2D eigenvalue weighted by molar-refractivity contribution is 0.590. The molecule has 10 nitrogen and oxygen atoms in total. The fraction of sp³-hybridized carbons (Fsp3) is 0.857. The van der Waals surface area contributed by atoms with Gasteiger partial charge in [-0.2, -0.15) is 10.2 Å². The quantitative estimate of drug-likeness (QED) is 0.628. The van der Waals surface area contributed by atoms with Crippen LogP contribution in [0, 0.1) is 0 Å². The number of nitrogens with zero attached hydrogens (tertiary/aromatic N) is 10. The van der Waals surface area contributed by atoms with E-state index in [1.165, 1.54) is 0 Å². The van der Waals surface area contributed by atoms with Crippen LogP contribution in [0.15, 0.2) is 0 Å². The second-order valence-electron chi connectivity index (χ2n) is 7.55. The second-order valence-corrected chi connectivity index (χ2v) is 7.55. The van der Waals surface area contributed by atoms with Gasteiger partial charge in [-0.25, -0.2) is 0 Å². The van der Waals surface area contributed by atoms with Crippen LogP contribution in [0.3, 0.4) is 0 Å². The van der Waals surface area contributed by atoms with Crippen molar-refractivity contribution >= 4 is 19.4 Å². The largest absolute Gasteiger partial charge is 0.333 e. The van der Waals surface area contributed by atoms with E-state index < -0.39 is 7.55 Å². The molecule has 0 fully saturated rings. The Bertz CT molecular complexity index is 590. The summed E-state index contributed by atoms with van der Waals surface area (Å²) in [6, 6.07) is 1.22. The van der Waals surface area contributed by atoms with Crippen LogP contribution in [0.5, 0.6) is 0 Å². The average Bonchev–Trinajstić information content (AvgIpc) is 3.08. The number of rotatable bonds is 8. The summed E-state index contributed by atoms with van der Waals surface area (Å²) in [5.41, 5.74) is 0. The van der Waals surface area contributed by atoms with Crippen molar-refractivity contribution < 1.29 is 0 Å². The molecular formula is C14H30BN10-. The zero-order chi connectivity index (χ0) is 18.7. The molecule has 2 aromatic heterocycles. The minimum Gasteiger partial charge on any atom is -0.333 e. The molecule has 0 radical (unpaired) electrons. The molecule has 0 saturated heterocycles. The Labute approximate surface area is 149 Å². The molecule has 0 atom stereocenters. The van der Waals surface area contributed by atoms with Gasteiger partial charge in [-0.15, -0.1) is 0 Å². The van der Waals surface area contributed by atoms with Gasteiger partial charge in [0.05, 0.1) is 0 Å². The normalized spacial score (nSPS) is 12.0. The Morgan fingerprint density at radius 2 is 0.960 bits per heavy atom. The van der Waals surface area contributed by atoms with E-state index in [1.807, 2.05) is 0 Å². The molecule has 0 saturated carbocycles. The predicted octanol–water partition coefficient (Wildman–Crippen LogP) is 0.301. The highest BCUT2D eigenvalue weighted by atomic mass is 15.7. The lowest BCUT2D eigenvalue weighted by Gasteiger charge is -2.29. The number of anilines is 2. The maximum absolute atomic E-state index is 4.51.